The normalized spacial score (nSPS) is 20.0. The molecule has 1 fully saturated rings. The first kappa shape index (κ1) is 15.7. The summed E-state index contributed by atoms with van der Waals surface area (Å²) in [5.74, 6) is 0.0587. The van der Waals surface area contributed by atoms with Crippen molar-refractivity contribution in [2.45, 2.75) is 19.4 Å². The topological polar surface area (TPSA) is 71.1 Å². The zero-order valence-electron chi connectivity index (χ0n) is 12.3. The van der Waals surface area contributed by atoms with E-state index in [9.17, 15) is 4.39 Å². The molecular formula is C15H22FN3O2. The fourth-order valence-corrected chi connectivity index (χ4v) is 2.72. The molecule has 1 saturated heterocycles. The highest BCUT2D eigenvalue weighted by atomic mass is 19.1. The summed E-state index contributed by atoms with van der Waals surface area (Å²) in [4.78, 5) is 2.14. The van der Waals surface area contributed by atoms with Crippen molar-refractivity contribution in [2.75, 3.05) is 26.8 Å². The molecule has 5 nitrogen and oxygen atoms in total. The van der Waals surface area contributed by atoms with E-state index in [0.717, 1.165) is 31.7 Å². The highest BCUT2D eigenvalue weighted by Crippen LogP contribution is 2.16. The molecule has 2 rings (SSSR count). The van der Waals surface area contributed by atoms with Crippen LogP contribution in [0.2, 0.25) is 0 Å². The van der Waals surface area contributed by atoms with E-state index < -0.39 is 0 Å². The number of nitrogens with two attached hydrogens (primary N) is 1. The van der Waals surface area contributed by atoms with Gasteiger partial charge in [0.05, 0.1) is 6.61 Å². The van der Waals surface area contributed by atoms with Crippen LogP contribution >= 0.6 is 0 Å². The van der Waals surface area contributed by atoms with Gasteiger partial charge in [-0.3, -0.25) is 0 Å². The Bertz CT molecular complexity index is 502. The molecule has 6 heteroatoms. The molecular weight excluding hydrogens is 273 g/mol. The molecule has 1 aromatic rings. The lowest BCUT2D eigenvalue weighted by molar-refractivity contribution is 0.0411. The highest BCUT2D eigenvalue weighted by Gasteiger charge is 2.16. The van der Waals surface area contributed by atoms with Crippen molar-refractivity contribution >= 4 is 5.84 Å². The fourth-order valence-electron chi connectivity index (χ4n) is 2.72. The highest BCUT2D eigenvalue weighted by molar-refractivity contribution is 5.97. The summed E-state index contributed by atoms with van der Waals surface area (Å²) in [6.45, 7) is 3.17. The number of ether oxygens (including phenoxy) is 1. The molecule has 116 valence electrons. The second-order valence-electron chi connectivity index (χ2n) is 5.61. The molecule has 3 N–H and O–H groups in total. The fraction of sp³-hybridized carbons (Fsp3) is 0.533. The van der Waals surface area contributed by atoms with Gasteiger partial charge < -0.3 is 20.6 Å². The number of oxime groups is 1. The quantitative estimate of drug-likeness (QED) is 0.376. The Hall–Kier alpha value is -1.66. The molecule has 0 saturated carbocycles. The summed E-state index contributed by atoms with van der Waals surface area (Å²) < 4.78 is 19.1. The molecule has 0 amide bonds. The maximum Gasteiger partial charge on any atom is 0.170 e. The zero-order valence-corrected chi connectivity index (χ0v) is 12.3. The van der Waals surface area contributed by atoms with Crippen molar-refractivity contribution in [3.63, 3.8) is 0 Å². The average Bonchev–Trinajstić information content (AvgIpc) is 2.46. The van der Waals surface area contributed by atoms with Crippen LogP contribution in [0.25, 0.3) is 0 Å². The first-order valence-corrected chi connectivity index (χ1v) is 7.12. The van der Waals surface area contributed by atoms with Gasteiger partial charge in [0.2, 0.25) is 0 Å². The number of benzene rings is 1. The second-order valence-corrected chi connectivity index (χ2v) is 5.61. The number of nitrogens with zero attached hydrogens (tertiary/aromatic N) is 2. The van der Waals surface area contributed by atoms with E-state index in [1.54, 1.807) is 6.07 Å². The lowest BCUT2D eigenvalue weighted by Crippen LogP contribution is -2.30. The average molecular weight is 295 g/mol. The minimum Gasteiger partial charge on any atom is -0.409 e. The molecule has 0 spiro atoms. The minimum atomic E-state index is -0.386. The maximum atomic E-state index is 13.6. The summed E-state index contributed by atoms with van der Waals surface area (Å²) in [6.07, 6.45) is 2.27. The molecule has 1 unspecified atom stereocenters. The van der Waals surface area contributed by atoms with Crippen LogP contribution in [-0.2, 0) is 11.3 Å². The third kappa shape index (κ3) is 4.68. The van der Waals surface area contributed by atoms with Gasteiger partial charge in [-0.25, -0.2) is 4.39 Å². The van der Waals surface area contributed by atoms with Crippen molar-refractivity contribution in [2.24, 2.45) is 16.8 Å². The van der Waals surface area contributed by atoms with E-state index in [4.69, 9.17) is 15.7 Å². The van der Waals surface area contributed by atoms with E-state index >= 15 is 0 Å². The van der Waals surface area contributed by atoms with Crippen molar-refractivity contribution in [3.8, 4) is 0 Å². The third-order valence-corrected chi connectivity index (χ3v) is 3.64. The lowest BCUT2D eigenvalue weighted by Gasteiger charge is -2.27. The smallest absolute Gasteiger partial charge is 0.170 e. The van der Waals surface area contributed by atoms with Crippen LogP contribution in [-0.4, -0.2) is 42.7 Å². The molecule has 21 heavy (non-hydrogen) atoms. The van der Waals surface area contributed by atoms with Crippen LogP contribution in [0.3, 0.4) is 0 Å². The Morgan fingerprint density at radius 2 is 2.33 bits per heavy atom. The molecule has 0 aliphatic carbocycles. The van der Waals surface area contributed by atoms with E-state index in [0.29, 0.717) is 18.0 Å². The molecule has 0 aromatic heterocycles. The van der Waals surface area contributed by atoms with Crippen LogP contribution < -0.4 is 5.73 Å². The first-order valence-electron chi connectivity index (χ1n) is 7.12. The molecule has 1 aliphatic rings. The van der Waals surface area contributed by atoms with Crippen LogP contribution in [0.1, 0.15) is 24.0 Å². The Morgan fingerprint density at radius 1 is 1.52 bits per heavy atom. The number of amidine groups is 1. The van der Waals surface area contributed by atoms with Gasteiger partial charge in [0.15, 0.2) is 5.84 Å². The summed E-state index contributed by atoms with van der Waals surface area (Å²) in [6, 6.07) is 4.47. The summed E-state index contributed by atoms with van der Waals surface area (Å²) in [7, 11) is 2.00. The SMILES string of the molecule is CN(Cc1cc(F)cc(/C(N)=N/O)c1)CC1CCCOC1. The second kappa shape index (κ2) is 7.38. The molecule has 1 atom stereocenters. The number of hydrogen-bond acceptors (Lipinski definition) is 4. The molecule has 1 heterocycles. The monoisotopic (exact) mass is 295 g/mol. The minimum absolute atomic E-state index is 0.0842. The van der Waals surface area contributed by atoms with Gasteiger partial charge in [-0.15, -0.1) is 0 Å². The van der Waals surface area contributed by atoms with Gasteiger partial charge >= 0.3 is 0 Å². The predicted octanol–water partition coefficient (Wildman–Crippen LogP) is 1.78. The van der Waals surface area contributed by atoms with Crippen molar-refractivity contribution in [1.82, 2.24) is 4.90 Å². The lowest BCUT2D eigenvalue weighted by atomic mass is 10.0. The summed E-state index contributed by atoms with van der Waals surface area (Å²) in [5.41, 5.74) is 6.71. The number of rotatable bonds is 5. The molecule has 1 aliphatic heterocycles. The van der Waals surface area contributed by atoms with Gasteiger partial charge in [0.25, 0.3) is 0 Å². The molecule has 1 aromatic carbocycles. The van der Waals surface area contributed by atoms with Gasteiger partial charge in [0.1, 0.15) is 5.82 Å². The van der Waals surface area contributed by atoms with E-state index in [1.807, 2.05) is 7.05 Å². The van der Waals surface area contributed by atoms with Crippen LogP contribution in [0.15, 0.2) is 23.4 Å². The molecule has 0 radical (unpaired) electrons. The predicted molar refractivity (Wildman–Crippen MR) is 78.8 cm³/mol. The van der Waals surface area contributed by atoms with E-state index in [1.165, 1.54) is 18.6 Å². The Labute approximate surface area is 124 Å². The summed E-state index contributed by atoms with van der Waals surface area (Å²) in [5, 5.41) is 11.6. The van der Waals surface area contributed by atoms with Crippen molar-refractivity contribution in [3.05, 3.63) is 35.1 Å². The van der Waals surface area contributed by atoms with Gasteiger partial charge in [-0.05, 0) is 49.6 Å². The molecule has 0 bridgehead atoms. The van der Waals surface area contributed by atoms with Crippen molar-refractivity contribution in [1.29, 1.82) is 0 Å². The van der Waals surface area contributed by atoms with Crippen LogP contribution in [0.4, 0.5) is 4.39 Å². The first-order chi connectivity index (χ1) is 10.1. The van der Waals surface area contributed by atoms with Crippen LogP contribution in [0, 0.1) is 11.7 Å². The Morgan fingerprint density at radius 3 is 3.00 bits per heavy atom. The zero-order chi connectivity index (χ0) is 15.2. The number of halogens is 1. The van der Waals surface area contributed by atoms with E-state index in [-0.39, 0.29) is 11.7 Å². The third-order valence-electron chi connectivity index (χ3n) is 3.64. The van der Waals surface area contributed by atoms with Gasteiger partial charge in [0, 0.05) is 25.3 Å². The summed E-state index contributed by atoms with van der Waals surface area (Å²) >= 11 is 0. The Balaban J connectivity index is 1.99. The largest absolute Gasteiger partial charge is 0.409 e. The van der Waals surface area contributed by atoms with E-state index in [2.05, 4.69) is 10.1 Å². The van der Waals surface area contributed by atoms with Gasteiger partial charge in [-0.2, -0.15) is 0 Å². The standard InChI is InChI=1S/C15H22FN3O2/c1-19(8-11-3-2-4-21-10-11)9-12-5-13(15(17)18-20)7-14(16)6-12/h5-7,11,20H,2-4,8-10H2,1H3,(H2,17,18). The maximum absolute atomic E-state index is 13.6. The Kier molecular flexibility index (Phi) is 5.52. The van der Waals surface area contributed by atoms with Gasteiger partial charge in [-0.1, -0.05) is 5.16 Å². The van der Waals surface area contributed by atoms with Crippen LogP contribution in [0.5, 0.6) is 0 Å². The number of hydrogen-bond donors (Lipinski definition) is 2. The van der Waals surface area contributed by atoms with Crippen molar-refractivity contribution < 1.29 is 14.3 Å².